The van der Waals surface area contributed by atoms with Crippen LogP contribution in [0.5, 0.6) is 0 Å². The lowest BCUT2D eigenvalue weighted by atomic mass is 9.98. The zero-order chi connectivity index (χ0) is 19.0. The van der Waals surface area contributed by atoms with Crippen molar-refractivity contribution < 1.29 is 24.5 Å². The topological polar surface area (TPSA) is 88.0 Å². The second kappa shape index (κ2) is 7.31. The lowest BCUT2D eigenvalue weighted by molar-refractivity contribution is -0.201. The van der Waals surface area contributed by atoms with Gasteiger partial charge >= 0.3 is 6.09 Å². The van der Waals surface area contributed by atoms with E-state index in [4.69, 9.17) is 9.47 Å². The maximum absolute atomic E-state index is 12.3. The minimum Gasteiger partial charge on any atom is -0.449 e. The van der Waals surface area contributed by atoms with Crippen molar-refractivity contribution in [2.45, 2.75) is 43.8 Å². The SMILES string of the molecule is CC1OC(O)CC(NC(=O)OCC2c3ccccc3-c3ccccc32)C1O. The van der Waals surface area contributed by atoms with Crippen LogP contribution >= 0.6 is 0 Å². The van der Waals surface area contributed by atoms with E-state index in [2.05, 4.69) is 29.6 Å². The Bertz CT molecular complexity index is 793. The van der Waals surface area contributed by atoms with Gasteiger partial charge in [-0.1, -0.05) is 48.5 Å². The molecule has 1 amide bonds. The van der Waals surface area contributed by atoms with Crippen LogP contribution in [0.15, 0.2) is 48.5 Å². The van der Waals surface area contributed by atoms with Crippen LogP contribution in [-0.4, -0.2) is 47.5 Å². The van der Waals surface area contributed by atoms with Gasteiger partial charge in [0.15, 0.2) is 6.29 Å². The molecule has 1 fully saturated rings. The molecule has 27 heavy (non-hydrogen) atoms. The molecule has 4 atom stereocenters. The molecule has 2 aliphatic rings. The number of benzene rings is 2. The number of carbonyl (C=O) groups excluding carboxylic acids is 1. The van der Waals surface area contributed by atoms with Crippen LogP contribution < -0.4 is 5.32 Å². The van der Waals surface area contributed by atoms with Crippen LogP contribution in [0.1, 0.15) is 30.4 Å². The van der Waals surface area contributed by atoms with Gasteiger partial charge in [0.2, 0.25) is 0 Å². The van der Waals surface area contributed by atoms with Crippen molar-refractivity contribution in [1.29, 1.82) is 0 Å². The molecule has 4 rings (SSSR count). The van der Waals surface area contributed by atoms with Gasteiger partial charge in [-0.2, -0.15) is 0 Å². The Labute approximate surface area is 157 Å². The van der Waals surface area contributed by atoms with E-state index in [1.807, 2.05) is 24.3 Å². The molecule has 1 aliphatic heterocycles. The van der Waals surface area contributed by atoms with Crippen LogP contribution in [0, 0.1) is 0 Å². The summed E-state index contributed by atoms with van der Waals surface area (Å²) in [5.74, 6) is -0.0210. The summed E-state index contributed by atoms with van der Waals surface area (Å²) >= 11 is 0. The van der Waals surface area contributed by atoms with Crippen LogP contribution in [-0.2, 0) is 9.47 Å². The Morgan fingerprint density at radius 2 is 1.70 bits per heavy atom. The molecule has 142 valence electrons. The molecule has 0 radical (unpaired) electrons. The van der Waals surface area contributed by atoms with E-state index in [9.17, 15) is 15.0 Å². The second-order valence-electron chi connectivity index (χ2n) is 7.10. The number of fused-ring (bicyclic) bond motifs is 3. The van der Waals surface area contributed by atoms with Gasteiger partial charge in [0.1, 0.15) is 12.7 Å². The largest absolute Gasteiger partial charge is 0.449 e. The monoisotopic (exact) mass is 369 g/mol. The predicted octanol–water partition coefficient (Wildman–Crippen LogP) is 2.38. The first-order valence-corrected chi connectivity index (χ1v) is 9.17. The summed E-state index contributed by atoms with van der Waals surface area (Å²) < 4.78 is 10.6. The van der Waals surface area contributed by atoms with Crippen molar-refractivity contribution in [3.63, 3.8) is 0 Å². The third-order valence-corrected chi connectivity index (χ3v) is 5.37. The fraction of sp³-hybridized carbons (Fsp3) is 0.381. The van der Waals surface area contributed by atoms with Crippen LogP contribution in [0.2, 0.25) is 0 Å². The van der Waals surface area contributed by atoms with Crippen LogP contribution in [0.3, 0.4) is 0 Å². The van der Waals surface area contributed by atoms with Gasteiger partial charge < -0.3 is 25.0 Å². The van der Waals surface area contributed by atoms with Crippen molar-refractivity contribution in [2.24, 2.45) is 0 Å². The summed E-state index contributed by atoms with van der Waals surface area (Å²) in [4.78, 5) is 12.3. The van der Waals surface area contributed by atoms with E-state index in [1.54, 1.807) is 6.92 Å². The molecule has 6 heteroatoms. The minimum atomic E-state index is -1.01. The average Bonchev–Trinajstić information content (AvgIpc) is 2.98. The number of rotatable bonds is 3. The van der Waals surface area contributed by atoms with E-state index >= 15 is 0 Å². The number of aliphatic hydroxyl groups excluding tert-OH is 2. The highest BCUT2D eigenvalue weighted by Gasteiger charge is 2.36. The molecule has 0 saturated carbocycles. The standard InChI is InChI=1S/C21H23NO5/c1-12-20(24)18(10-19(23)27-12)22-21(25)26-11-17-15-8-4-2-6-13(15)14-7-3-5-9-16(14)17/h2-9,12,17-20,23-24H,10-11H2,1H3,(H,22,25). The third-order valence-electron chi connectivity index (χ3n) is 5.37. The van der Waals surface area contributed by atoms with Gasteiger partial charge in [-0.3, -0.25) is 0 Å². The van der Waals surface area contributed by atoms with E-state index < -0.39 is 30.6 Å². The summed E-state index contributed by atoms with van der Waals surface area (Å²) in [6.07, 6.45) is -2.96. The van der Waals surface area contributed by atoms with Crippen LogP contribution in [0.4, 0.5) is 4.79 Å². The van der Waals surface area contributed by atoms with Crippen LogP contribution in [0.25, 0.3) is 11.1 Å². The fourth-order valence-corrected chi connectivity index (χ4v) is 4.00. The Hall–Kier alpha value is -2.41. The highest BCUT2D eigenvalue weighted by Crippen LogP contribution is 2.44. The number of aliphatic hydroxyl groups is 2. The first kappa shape index (κ1) is 18.0. The van der Waals surface area contributed by atoms with E-state index in [0.717, 1.165) is 11.1 Å². The van der Waals surface area contributed by atoms with Gasteiger partial charge in [0.05, 0.1) is 12.1 Å². The molecular formula is C21H23NO5. The number of hydrogen-bond acceptors (Lipinski definition) is 5. The summed E-state index contributed by atoms with van der Waals surface area (Å²) in [6, 6.07) is 15.6. The molecule has 1 aliphatic carbocycles. The first-order valence-electron chi connectivity index (χ1n) is 9.17. The van der Waals surface area contributed by atoms with Crippen molar-refractivity contribution in [3.05, 3.63) is 59.7 Å². The highest BCUT2D eigenvalue weighted by atomic mass is 16.6. The smallest absolute Gasteiger partial charge is 0.407 e. The molecule has 1 heterocycles. The molecule has 0 aromatic heterocycles. The summed E-state index contributed by atoms with van der Waals surface area (Å²) in [7, 11) is 0. The van der Waals surface area contributed by atoms with Crippen molar-refractivity contribution in [2.75, 3.05) is 6.61 Å². The number of nitrogens with one attached hydrogen (secondary N) is 1. The molecular weight excluding hydrogens is 346 g/mol. The summed E-state index contributed by atoms with van der Waals surface area (Å²) in [5.41, 5.74) is 4.61. The van der Waals surface area contributed by atoms with Gasteiger partial charge in [0.25, 0.3) is 0 Å². The minimum absolute atomic E-state index is 0.0210. The normalized spacial score (nSPS) is 26.9. The predicted molar refractivity (Wildman–Crippen MR) is 99.2 cm³/mol. The maximum atomic E-state index is 12.3. The van der Waals surface area contributed by atoms with Gasteiger partial charge in [-0.05, 0) is 29.2 Å². The van der Waals surface area contributed by atoms with E-state index in [0.29, 0.717) is 0 Å². The lowest BCUT2D eigenvalue weighted by Gasteiger charge is -2.35. The lowest BCUT2D eigenvalue weighted by Crippen LogP contribution is -2.54. The number of amides is 1. The molecule has 2 aromatic carbocycles. The van der Waals surface area contributed by atoms with E-state index in [-0.39, 0.29) is 18.9 Å². The number of ether oxygens (including phenoxy) is 2. The Balaban J connectivity index is 1.44. The summed E-state index contributed by atoms with van der Waals surface area (Å²) in [5, 5.41) is 22.5. The Morgan fingerprint density at radius 3 is 2.33 bits per heavy atom. The van der Waals surface area contributed by atoms with Gasteiger partial charge in [0, 0.05) is 12.3 Å². The third kappa shape index (κ3) is 3.43. The molecule has 1 saturated heterocycles. The molecule has 0 bridgehead atoms. The van der Waals surface area contributed by atoms with Crippen molar-refractivity contribution in [3.8, 4) is 11.1 Å². The second-order valence-corrected chi connectivity index (χ2v) is 7.10. The number of hydrogen-bond donors (Lipinski definition) is 3. The summed E-state index contributed by atoms with van der Waals surface area (Å²) in [6.45, 7) is 1.86. The molecule has 4 unspecified atom stereocenters. The Kier molecular flexibility index (Phi) is 4.86. The van der Waals surface area contributed by atoms with Gasteiger partial charge in [-0.15, -0.1) is 0 Å². The molecule has 2 aromatic rings. The zero-order valence-corrected chi connectivity index (χ0v) is 15.0. The number of alkyl carbamates (subject to hydrolysis) is 1. The zero-order valence-electron chi connectivity index (χ0n) is 15.0. The number of carbonyl (C=O) groups is 1. The quantitative estimate of drug-likeness (QED) is 0.773. The van der Waals surface area contributed by atoms with Crippen molar-refractivity contribution >= 4 is 6.09 Å². The Morgan fingerprint density at radius 1 is 1.11 bits per heavy atom. The molecule has 3 N–H and O–H groups in total. The maximum Gasteiger partial charge on any atom is 0.407 e. The first-order chi connectivity index (χ1) is 13.0. The molecule has 0 spiro atoms. The van der Waals surface area contributed by atoms with Crippen molar-refractivity contribution in [1.82, 2.24) is 5.32 Å². The average molecular weight is 369 g/mol. The molecule has 6 nitrogen and oxygen atoms in total. The fourth-order valence-electron chi connectivity index (χ4n) is 4.00. The van der Waals surface area contributed by atoms with Gasteiger partial charge in [-0.25, -0.2) is 4.79 Å². The highest BCUT2D eigenvalue weighted by molar-refractivity contribution is 5.79. The van der Waals surface area contributed by atoms with E-state index in [1.165, 1.54) is 11.1 Å².